The van der Waals surface area contributed by atoms with Crippen LogP contribution in [0, 0.1) is 5.92 Å². The molecule has 0 aromatic carbocycles. The van der Waals surface area contributed by atoms with E-state index in [4.69, 9.17) is 5.11 Å². The molecule has 3 atom stereocenters. The van der Waals surface area contributed by atoms with Crippen molar-refractivity contribution in [2.45, 2.75) is 71.5 Å². The highest BCUT2D eigenvalue weighted by molar-refractivity contribution is 5.82. The van der Waals surface area contributed by atoms with Gasteiger partial charge in [0.15, 0.2) is 0 Å². The van der Waals surface area contributed by atoms with Gasteiger partial charge in [-0.3, -0.25) is 5.43 Å². The van der Waals surface area contributed by atoms with Crippen molar-refractivity contribution < 1.29 is 14.7 Å². The van der Waals surface area contributed by atoms with Crippen LogP contribution in [0.1, 0.15) is 53.4 Å². The Morgan fingerprint density at radius 3 is 2.25 bits per heavy atom. The van der Waals surface area contributed by atoms with Crippen molar-refractivity contribution in [1.29, 1.82) is 0 Å². The summed E-state index contributed by atoms with van der Waals surface area (Å²) in [4.78, 5) is 23.1. The smallest absolute Gasteiger partial charge is 0.330 e. The maximum atomic E-state index is 12.0. The summed E-state index contributed by atoms with van der Waals surface area (Å²) < 4.78 is 0. The molecule has 0 radical (unpaired) electrons. The van der Waals surface area contributed by atoms with Crippen molar-refractivity contribution in [2.24, 2.45) is 5.92 Å². The van der Waals surface area contributed by atoms with Crippen LogP contribution in [0.2, 0.25) is 0 Å². The fourth-order valence-electron chi connectivity index (χ4n) is 2.64. The number of rotatable bonds is 5. The van der Waals surface area contributed by atoms with E-state index in [1.165, 1.54) is 0 Å². The Kier molecular flexibility index (Phi) is 6.26. The normalized spacial score (nSPS) is 25.2. The molecule has 6 nitrogen and oxygen atoms in total. The number of hydrogen-bond acceptors (Lipinski definition) is 3. The number of aliphatic carboxylic acids is 1. The molecular formula is C14H27N3O3. The Morgan fingerprint density at radius 2 is 1.80 bits per heavy atom. The zero-order valence-electron chi connectivity index (χ0n) is 12.8. The number of hydrogen-bond donors (Lipinski definition) is 3. The van der Waals surface area contributed by atoms with E-state index in [9.17, 15) is 9.59 Å². The molecule has 1 heterocycles. The van der Waals surface area contributed by atoms with Crippen molar-refractivity contribution in [2.75, 3.05) is 0 Å². The van der Waals surface area contributed by atoms with Crippen LogP contribution in [0.4, 0.5) is 4.79 Å². The molecule has 1 aliphatic heterocycles. The predicted octanol–water partition coefficient (Wildman–Crippen LogP) is 1.96. The highest BCUT2D eigenvalue weighted by Crippen LogP contribution is 2.20. The van der Waals surface area contributed by atoms with Crippen LogP contribution < -0.4 is 10.7 Å². The number of urea groups is 1. The van der Waals surface area contributed by atoms with Gasteiger partial charge in [0.2, 0.25) is 0 Å². The predicted molar refractivity (Wildman–Crippen MR) is 77.2 cm³/mol. The fourth-order valence-corrected chi connectivity index (χ4v) is 2.64. The van der Waals surface area contributed by atoms with Gasteiger partial charge in [-0.25, -0.2) is 14.6 Å². The van der Waals surface area contributed by atoms with Gasteiger partial charge >= 0.3 is 12.0 Å². The molecule has 0 aromatic rings. The van der Waals surface area contributed by atoms with Crippen LogP contribution in [0.3, 0.4) is 0 Å². The van der Waals surface area contributed by atoms with Gasteiger partial charge in [-0.1, -0.05) is 20.3 Å². The molecule has 2 unspecified atom stereocenters. The van der Waals surface area contributed by atoms with Gasteiger partial charge < -0.3 is 10.4 Å². The second-order valence-electron chi connectivity index (χ2n) is 6.14. The molecule has 0 saturated carbocycles. The average molecular weight is 285 g/mol. The van der Waals surface area contributed by atoms with Crippen molar-refractivity contribution in [3.05, 3.63) is 0 Å². The molecule has 20 heavy (non-hydrogen) atoms. The SMILES string of the molecule is CC(C)C[C@H](NC(=O)NN1C(C)CCCC1C)C(=O)O. The van der Waals surface area contributed by atoms with Gasteiger partial charge in [-0.2, -0.15) is 0 Å². The molecule has 1 aliphatic rings. The lowest BCUT2D eigenvalue weighted by Gasteiger charge is -2.38. The van der Waals surface area contributed by atoms with E-state index < -0.39 is 18.0 Å². The van der Waals surface area contributed by atoms with Crippen LogP contribution in [-0.2, 0) is 4.79 Å². The van der Waals surface area contributed by atoms with Gasteiger partial charge in [-0.15, -0.1) is 0 Å². The molecule has 1 rings (SSSR count). The number of hydrazine groups is 1. The summed E-state index contributed by atoms with van der Waals surface area (Å²) in [5.74, 6) is -0.780. The van der Waals surface area contributed by atoms with Gasteiger partial charge in [0.25, 0.3) is 0 Å². The molecule has 1 fully saturated rings. The Labute approximate surface area is 120 Å². The second-order valence-corrected chi connectivity index (χ2v) is 6.14. The highest BCUT2D eigenvalue weighted by atomic mass is 16.4. The number of piperidine rings is 1. The van der Waals surface area contributed by atoms with Crippen LogP contribution in [0.25, 0.3) is 0 Å². The maximum Gasteiger partial charge on any atom is 0.330 e. The lowest BCUT2D eigenvalue weighted by Crippen LogP contribution is -2.58. The highest BCUT2D eigenvalue weighted by Gasteiger charge is 2.28. The molecule has 0 aromatic heterocycles. The first-order valence-corrected chi connectivity index (χ1v) is 7.39. The molecule has 6 heteroatoms. The third-order valence-electron chi connectivity index (χ3n) is 3.73. The number of nitrogens with zero attached hydrogens (tertiary/aromatic N) is 1. The van der Waals surface area contributed by atoms with Gasteiger partial charge in [0, 0.05) is 12.1 Å². The van der Waals surface area contributed by atoms with Crippen molar-refractivity contribution in [1.82, 2.24) is 15.8 Å². The van der Waals surface area contributed by atoms with E-state index in [-0.39, 0.29) is 18.0 Å². The van der Waals surface area contributed by atoms with Crippen molar-refractivity contribution in [3.63, 3.8) is 0 Å². The summed E-state index contributed by atoms with van der Waals surface area (Å²) in [5, 5.41) is 13.6. The Balaban J connectivity index is 2.54. The Hall–Kier alpha value is -1.30. The zero-order chi connectivity index (χ0) is 15.3. The summed E-state index contributed by atoms with van der Waals surface area (Å²) >= 11 is 0. The third kappa shape index (κ3) is 5.00. The summed E-state index contributed by atoms with van der Waals surface area (Å²) in [6.07, 6.45) is 3.67. The molecule has 2 amide bonds. The number of nitrogens with one attached hydrogen (secondary N) is 2. The van der Waals surface area contributed by atoms with Gasteiger partial charge in [0.05, 0.1) is 0 Å². The summed E-state index contributed by atoms with van der Waals surface area (Å²) in [6.45, 7) is 8.01. The lowest BCUT2D eigenvalue weighted by molar-refractivity contribution is -0.139. The van der Waals surface area contributed by atoms with E-state index in [0.29, 0.717) is 6.42 Å². The molecule has 0 aliphatic carbocycles. The van der Waals surface area contributed by atoms with Crippen LogP contribution >= 0.6 is 0 Å². The van der Waals surface area contributed by atoms with Gasteiger partial charge in [0.1, 0.15) is 6.04 Å². The van der Waals surface area contributed by atoms with E-state index in [0.717, 1.165) is 19.3 Å². The molecule has 3 N–H and O–H groups in total. The first-order valence-electron chi connectivity index (χ1n) is 7.39. The molecular weight excluding hydrogens is 258 g/mol. The Morgan fingerprint density at radius 1 is 1.25 bits per heavy atom. The lowest BCUT2D eigenvalue weighted by atomic mass is 10.00. The number of carboxylic acids is 1. The van der Waals surface area contributed by atoms with E-state index in [1.807, 2.05) is 18.9 Å². The van der Waals surface area contributed by atoms with Gasteiger partial charge in [-0.05, 0) is 39.0 Å². The minimum absolute atomic E-state index is 0.212. The number of carbonyl (C=O) groups is 2. The standard InChI is InChI=1S/C14H27N3O3/c1-9(2)8-12(13(18)19)15-14(20)16-17-10(3)6-5-7-11(17)4/h9-12H,5-8H2,1-4H3,(H,18,19)(H2,15,16,20)/t10?,11?,12-/m0/s1. The summed E-state index contributed by atoms with van der Waals surface area (Å²) in [6, 6.07) is -0.722. The van der Waals surface area contributed by atoms with E-state index >= 15 is 0 Å². The molecule has 0 spiro atoms. The van der Waals surface area contributed by atoms with Crippen molar-refractivity contribution >= 4 is 12.0 Å². The fraction of sp³-hybridized carbons (Fsp3) is 0.857. The van der Waals surface area contributed by atoms with Crippen LogP contribution in [0.5, 0.6) is 0 Å². The van der Waals surface area contributed by atoms with Crippen molar-refractivity contribution in [3.8, 4) is 0 Å². The minimum atomic E-state index is -0.992. The quantitative estimate of drug-likeness (QED) is 0.721. The monoisotopic (exact) mass is 285 g/mol. The molecule has 1 saturated heterocycles. The number of carboxylic acid groups (broad SMARTS) is 1. The topological polar surface area (TPSA) is 81.7 Å². The Bertz CT molecular complexity index is 337. The first-order chi connectivity index (χ1) is 9.31. The van der Waals surface area contributed by atoms with Crippen LogP contribution in [-0.4, -0.2) is 40.2 Å². The largest absolute Gasteiger partial charge is 0.480 e. The number of amides is 2. The maximum absolute atomic E-state index is 12.0. The number of carbonyl (C=O) groups excluding carboxylic acids is 1. The summed E-state index contributed by atoms with van der Waals surface area (Å²) in [7, 11) is 0. The minimum Gasteiger partial charge on any atom is -0.480 e. The molecule has 116 valence electrons. The van der Waals surface area contributed by atoms with E-state index in [2.05, 4.69) is 24.6 Å². The van der Waals surface area contributed by atoms with E-state index in [1.54, 1.807) is 0 Å². The zero-order valence-corrected chi connectivity index (χ0v) is 12.8. The average Bonchev–Trinajstić information content (AvgIpc) is 2.32. The van der Waals surface area contributed by atoms with Crippen LogP contribution in [0.15, 0.2) is 0 Å². The summed E-state index contributed by atoms with van der Waals surface area (Å²) in [5.41, 5.74) is 2.80. The first kappa shape index (κ1) is 16.8. The molecule has 0 bridgehead atoms. The second kappa shape index (κ2) is 7.47. The third-order valence-corrected chi connectivity index (χ3v) is 3.73.